The zero-order valence-electron chi connectivity index (χ0n) is 13.0. The van der Waals surface area contributed by atoms with Gasteiger partial charge >= 0.3 is 0 Å². The molecule has 1 heterocycles. The van der Waals surface area contributed by atoms with Crippen LogP contribution >= 0.6 is 11.6 Å². The standard InChI is InChI=1S/C18H19ClN2O2/c1-12-7-8-15(16(22)20-12)17(23)21-18(9-2-3-10-18)13-5-4-6-14(19)11-13/h4-8,11H,2-3,9-10H2,1H3,(H,20,22)(H,21,23). The van der Waals surface area contributed by atoms with E-state index in [1.54, 1.807) is 19.1 Å². The second-order valence-corrected chi connectivity index (χ2v) is 6.57. The van der Waals surface area contributed by atoms with Crippen molar-refractivity contribution in [1.82, 2.24) is 10.3 Å². The number of aryl methyl sites for hydroxylation is 1. The van der Waals surface area contributed by atoms with Gasteiger partial charge in [-0.3, -0.25) is 9.59 Å². The van der Waals surface area contributed by atoms with E-state index in [1.807, 2.05) is 24.3 Å². The van der Waals surface area contributed by atoms with Crippen LogP contribution in [0.25, 0.3) is 0 Å². The van der Waals surface area contributed by atoms with Crippen LogP contribution in [-0.2, 0) is 5.54 Å². The minimum Gasteiger partial charge on any atom is -0.342 e. The van der Waals surface area contributed by atoms with Gasteiger partial charge in [0.2, 0.25) is 0 Å². The normalized spacial score (nSPS) is 16.3. The number of carbonyl (C=O) groups excluding carboxylic acids is 1. The summed E-state index contributed by atoms with van der Waals surface area (Å²) in [6.07, 6.45) is 3.78. The number of carbonyl (C=O) groups is 1. The molecule has 1 fully saturated rings. The van der Waals surface area contributed by atoms with Gasteiger partial charge in [0.1, 0.15) is 5.56 Å². The highest BCUT2D eigenvalue weighted by Gasteiger charge is 2.37. The van der Waals surface area contributed by atoms with Crippen LogP contribution in [0.1, 0.15) is 47.3 Å². The molecule has 0 atom stereocenters. The monoisotopic (exact) mass is 330 g/mol. The van der Waals surface area contributed by atoms with Gasteiger partial charge in [0.25, 0.3) is 11.5 Å². The highest BCUT2D eigenvalue weighted by atomic mass is 35.5. The Morgan fingerprint density at radius 2 is 1.96 bits per heavy atom. The first-order valence-corrected chi connectivity index (χ1v) is 8.16. The molecule has 120 valence electrons. The molecule has 1 amide bonds. The molecule has 0 bridgehead atoms. The van der Waals surface area contributed by atoms with Gasteiger partial charge in [-0.1, -0.05) is 36.6 Å². The summed E-state index contributed by atoms with van der Waals surface area (Å²) in [6.45, 7) is 1.79. The van der Waals surface area contributed by atoms with Crippen molar-refractivity contribution in [3.63, 3.8) is 0 Å². The average Bonchev–Trinajstić information content (AvgIpc) is 2.97. The molecule has 0 aliphatic heterocycles. The Balaban J connectivity index is 1.94. The highest BCUT2D eigenvalue weighted by Crippen LogP contribution is 2.39. The Kier molecular flexibility index (Phi) is 4.26. The van der Waals surface area contributed by atoms with Gasteiger partial charge in [0.05, 0.1) is 5.54 Å². The van der Waals surface area contributed by atoms with Crippen LogP contribution in [0.5, 0.6) is 0 Å². The minimum absolute atomic E-state index is 0.143. The van der Waals surface area contributed by atoms with E-state index in [-0.39, 0.29) is 17.0 Å². The number of pyridine rings is 1. The van der Waals surface area contributed by atoms with Crippen molar-refractivity contribution in [2.24, 2.45) is 0 Å². The molecule has 5 heteroatoms. The summed E-state index contributed by atoms with van der Waals surface area (Å²) in [6, 6.07) is 10.9. The van der Waals surface area contributed by atoms with Crippen LogP contribution in [0, 0.1) is 6.92 Å². The van der Waals surface area contributed by atoms with Crippen molar-refractivity contribution < 1.29 is 4.79 Å². The fourth-order valence-electron chi connectivity index (χ4n) is 3.29. The molecule has 2 N–H and O–H groups in total. The number of rotatable bonds is 3. The van der Waals surface area contributed by atoms with Gasteiger partial charge in [0.15, 0.2) is 0 Å². The van der Waals surface area contributed by atoms with E-state index in [0.29, 0.717) is 5.02 Å². The lowest BCUT2D eigenvalue weighted by Gasteiger charge is -2.31. The molecular formula is C18H19ClN2O2. The topological polar surface area (TPSA) is 62.0 Å². The first-order valence-electron chi connectivity index (χ1n) is 7.79. The number of halogens is 1. The Labute approximate surface area is 139 Å². The van der Waals surface area contributed by atoms with E-state index in [4.69, 9.17) is 11.6 Å². The lowest BCUT2D eigenvalue weighted by Crippen LogP contribution is -2.45. The van der Waals surface area contributed by atoms with E-state index in [9.17, 15) is 9.59 Å². The Bertz CT molecular complexity index is 792. The second-order valence-electron chi connectivity index (χ2n) is 6.14. The lowest BCUT2D eigenvalue weighted by atomic mass is 9.88. The van der Waals surface area contributed by atoms with Crippen LogP contribution in [0.3, 0.4) is 0 Å². The zero-order valence-corrected chi connectivity index (χ0v) is 13.7. The molecule has 1 aromatic carbocycles. The van der Waals surface area contributed by atoms with Gasteiger partial charge in [0, 0.05) is 10.7 Å². The van der Waals surface area contributed by atoms with Gasteiger partial charge in [-0.25, -0.2) is 0 Å². The number of nitrogens with one attached hydrogen (secondary N) is 2. The third-order valence-electron chi connectivity index (χ3n) is 4.49. The molecule has 0 unspecified atom stereocenters. The molecular weight excluding hydrogens is 312 g/mol. The van der Waals surface area contributed by atoms with E-state index in [0.717, 1.165) is 36.9 Å². The summed E-state index contributed by atoms with van der Waals surface area (Å²) < 4.78 is 0. The van der Waals surface area contributed by atoms with Crippen LogP contribution in [0.15, 0.2) is 41.2 Å². The summed E-state index contributed by atoms with van der Waals surface area (Å²) in [4.78, 5) is 27.3. The van der Waals surface area contributed by atoms with Gasteiger partial charge in [-0.05, 0) is 49.6 Å². The largest absolute Gasteiger partial charge is 0.342 e. The number of aromatic nitrogens is 1. The molecule has 1 aliphatic rings. The number of benzene rings is 1. The van der Waals surface area contributed by atoms with Crippen molar-refractivity contribution >= 4 is 17.5 Å². The number of H-pyrrole nitrogens is 1. The quantitative estimate of drug-likeness (QED) is 0.904. The van der Waals surface area contributed by atoms with Crippen molar-refractivity contribution in [1.29, 1.82) is 0 Å². The summed E-state index contributed by atoms with van der Waals surface area (Å²) in [5, 5.41) is 3.74. The van der Waals surface area contributed by atoms with E-state index < -0.39 is 5.54 Å². The smallest absolute Gasteiger partial charge is 0.260 e. The second kappa shape index (κ2) is 6.20. The van der Waals surface area contributed by atoms with Crippen LogP contribution in [0.4, 0.5) is 0 Å². The van der Waals surface area contributed by atoms with Crippen molar-refractivity contribution in [3.05, 3.63) is 68.6 Å². The average molecular weight is 331 g/mol. The van der Waals surface area contributed by atoms with Crippen LogP contribution in [-0.4, -0.2) is 10.9 Å². The van der Waals surface area contributed by atoms with Gasteiger partial charge in [-0.2, -0.15) is 0 Å². The third-order valence-corrected chi connectivity index (χ3v) is 4.72. The maximum atomic E-state index is 12.6. The van der Waals surface area contributed by atoms with Crippen LogP contribution in [0.2, 0.25) is 5.02 Å². The minimum atomic E-state index is -0.445. The Hall–Kier alpha value is -2.07. The fourth-order valence-corrected chi connectivity index (χ4v) is 3.48. The molecule has 23 heavy (non-hydrogen) atoms. The summed E-state index contributed by atoms with van der Waals surface area (Å²) in [7, 11) is 0. The number of hydrogen-bond donors (Lipinski definition) is 2. The number of hydrogen-bond acceptors (Lipinski definition) is 2. The molecule has 4 nitrogen and oxygen atoms in total. The number of amides is 1. The lowest BCUT2D eigenvalue weighted by molar-refractivity contribution is 0.0896. The maximum absolute atomic E-state index is 12.6. The van der Waals surface area contributed by atoms with Gasteiger partial charge < -0.3 is 10.3 Å². The molecule has 3 rings (SSSR count). The molecule has 1 saturated carbocycles. The van der Waals surface area contributed by atoms with Crippen LogP contribution < -0.4 is 10.9 Å². The van der Waals surface area contributed by atoms with Crippen molar-refractivity contribution in [2.45, 2.75) is 38.1 Å². The first kappa shape index (κ1) is 15.8. The molecule has 0 spiro atoms. The van der Waals surface area contributed by atoms with Crippen molar-refractivity contribution in [3.8, 4) is 0 Å². The number of aromatic amines is 1. The van der Waals surface area contributed by atoms with Crippen molar-refractivity contribution in [2.75, 3.05) is 0 Å². The van der Waals surface area contributed by atoms with E-state index in [1.165, 1.54) is 0 Å². The molecule has 0 saturated heterocycles. The predicted molar refractivity (Wildman–Crippen MR) is 90.9 cm³/mol. The van der Waals surface area contributed by atoms with Gasteiger partial charge in [-0.15, -0.1) is 0 Å². The highest BCUT2D eigenvalue weighted by molar-refractivity contribution is 6.30. The molecule has 0 radical (unpaired) electrons. The molecule has 1 aliphatic carbocycles. The Morgan fingerprint density at radius 1 is 1.22 bits per heavy atom. The van der Waals surface area contributed by atoms with E-state index in [2.05, 4.69) is 10.3 Å². The molecule has 2 aromatic rings. The Morgan fingerprint density at radius 3 is 2.61 bits per heavy atom. The maximum Gasteiger partial charge on any atom is 0.260 e. The third kappa shape index (κ3) is 3.17. The summed E-state index contributed by atoms with van der Waals surface area (Å²) in [5.41, 5.74) is 1.07. The first-order chi connectivity index (χ1) is 11.0. The molecule has 1 aromatic heterocycles. The summed E-state index contributed by atoms with van der Waals surface area (Å²) in [5.74, 6) is -0.340. The summed E-state index contributed by atoms with van der Waals surface area (Å²) >= 11 is 6.11. The predicted octanol–water partition coefficient (Wildman–Crippen LogP) is 3.54. The SMILES string of the molecule is Cc1ccc(C(=O)NC2(c3cccc(Cl)c3)CCCC2)c(=O)[nH]1. The fraction of sp³-hybridized carbons (Fsp3) is 0.333. The zero-order chi connectivity index (χ0) is 16.4. The van der Waals surface area contributed by atoms with E-state index >= 15 is 0 Å².